The van der Waals surface area contributed by atoms with Gasteiger partial charge >= 0.3 is 0 Å². The van der Waals surface area contributed by atoms with Crippen LogP contribution >= 0.6 is 0 Å². The average Bonchev–Trinajstić information content (AvgIpc) is 3.14. The second-order valence-corrected chi connectivity index (χ2v) is 8.00. The molecule has 0 spiro atoms. The number of hydrogen-bond donors (Lipinski definition) is 1. The summed E-state index contributed by atoms with van der Waals surface area (Å²) in [5.74, 6) is -0.695. The Morgan fingerprint density at radius 3 is 2.23 bits per heavy atom. The number of Topliss-reactive ketones (excluding diaryl/α,β-unsaturated/α-hetero) is 1. The number of carbonyl (C=O) groups is 2. The smallest absolute Gasteiger partial charge is 0.300 e. The first kappa shape index (κ1) is 23.9. The minimum absolute atomic E-state index is 0.0605. The number of ether oxygens (including phenoxy) is 3. The van der Waals surface area contributed by atoms with Crippen LogP contribution in [-0.4, -0.2) is 37.6 Å². The van der Waals surface area contributed by atoms with E-state index in [1.54, 1.807) is 54.6 Å². The summed E-state index contributed by atoms with van der Waals surface area (Å²) in [6.07, 6.45) is 0. The van der Waals surface area contributed by atoms with Crippen LogP contribution in [0.5, 0.6) is 17.2 Å². The second-order valence-electron chi connectivity index (χ2n) is 8.00. The van der Waals surface area contributed by atoms with E-state index in [0.717, 1.165) is 5.56 Å². The summed E-state index contributed by atoms with van der Waals surface area (Å²) in [5.41, 5.74) is 2.15. The highest BCUT2D eigenvalue weighted by Gasteiger charge is 2.48. The molecule has 1 aliphatic heterocycles. The summed E-state index contributed by atoms with van der Waals surface area (Å²) in [7, 11) is 2.92. The molecule has 4 rings (SSSR count). The number of amides is 1. The molecule has 3 aromatic rings. The number of rotatable bonds is 7. The van der Waals surface area contributed by atoms with Crippen LogP contribution in [0.1, 0.15) is 29.7 Å². The number of ketones is 1. The summed E-state index contributed by atoms with van der Waals surface area (Å²) in [6, 6.07) is 18.6. The summed E-state index contributed by atoms with van der Waals surface area (Å²) in [6.45, 7) is 4.20. The third kappa shape index (κ3) is 4.21. The van der Waals surface area contributed by atoms with Gasteiger partial charge in [0.15, 0.2) is 0 Å². The molecule has 0 saturated carbocycles. The van der Waals surface area contributed by atoms with Gasteiger partial charge in [0.25, 0.3) is 11.7 Å². The molecule has 1 atom stereocenters. The van der Waals surface area contributed by atoms with Gasteiger partial charge in [-0.05, 0) is 55.3 Å². The Balaban J connectivity index is 2.03. The predicted molar refractivity (Wildman–Crippen MR) is 133 cm³/mol. The predicted octanol–water partition coefficient (Wildman–Crippen LogP) is 5.04. The van der Waals surface area contributed by atoms with Gasteiger partial charge in [-0.3, -0.25) is 14.5 Å². The fraction of sp³-hybridized carbons (Fsp3) is 0.214. The number of aryl methyl sites for hydroxylation is 1. The summed E-state index contributed by atoms with van der Waals surface area (Å²) < 4.78 is 16.6. The normalized spacial score (nSPS) is 16.9. The molecule has 1 aliphatic rings. The Hall–Kier alpha value is -4.26. The van der Waals surface area contributed by atoms with Crippen LogP contribution in [0.3, 0.4) is 0 Å². The van der Waals surface area contributed by atoms with Crippen LogP contribution in [0, 0.1) is 6.92 Å². The zero-order chi connectivity index (χ0) is 25.1. The minimum Gasteiger partial charge on any atom is -0.506 e. The zero-order valence-corrected chi connectivity index (χ0v) is 20.1. The van der Waals surface area contributed by atoms with E-state index in [9.17, 15) is 14.7 Å². The maximum absolute atomic E-state index is 13.5. The van der Waals surface area contributed by atoms with Gasteiger partial charge in [0.1, 0.15) is 28.6 Å². The molecule has 0 radical (unpaired) electrons. The van der Waals surface area contributed by atoms with E-state index in [4.69, 9.17) is 14.2 Å². The lowest BCUT2D eigenvalue weighted by Crippen LogP contribution is -2.30. The van der Waals surface area contributed by atoms with Crippen molar-refractivity contribution in [1.82, 2.24) is 0 Å². The quantitative estimate of drug-likeness (QED) is 0.294. The van der Waals surface area contributed by atoms with Crippen LogP contribution < -0.4 is 19.1 Å². The van der Waals surface area contributed by atoms with Gasteiger partial charge in [0.05, 0.1) is 32.4 Å². The molecule has 1 heterocycles. The molecule has 35 heavy (non-hydrogen) atoms. The molecule has 1 unspecified atom stereocenters. The lowest BCUT2D eigenvalue weighted by Gasteiger charge is -2.27. The Kier molecular flexibility index (Phi) is 6.78. The van der Waals surface area contributed by atoms with Gasteiger partial charge in [-0.25, -0.2) is 0 Å². The van der Waals surface area contributed by atoms with Gasteiger partial charge in [-0.2, -0.15) is 0 Å². The van der Waals surface area contributed by atoms with Crippen molar-refractivity contribution in [2.45, 2.75) is 19.9 Å². The van der Waals surface area contributed by atoms with Gasteiger partial charge in [-0.15, -0.1) is 0 Å². The van der Waals surface area contributed by atoms with Crippen molar-refractivity contribution in [1.29, 1.82) is 0 Å². The zero-order valence-electron chi connectivity index (χ0n) is 20.1. The topological polar surface area (TPSA) is 85.3 Å². The first-order chi connectivity index (χ1) is 16.9. The summed E-state index contributed by atoms with van der Waals surface area (Å²) >= 11 is 0. The van der Waals surface area contributed by atoms with Crippen LogP contribution in [-0.2, 0) is 9.59 Å². The third-order valence-corrected chi connectivity index (χ3v) is 5.97. The molecular weight excluding hydrogens is 446 g/mol. The number of para-hydroxylation sites is 1. The van der Waals surface area contributed by atoms with Gasteiger partial charge in [0, 0.05) is 5.69 Å². The molecule has 1 fully saturated rings. The highest BCUT2D eigenvalue weighted by atomic mass is 16.5. The number of aliphatic hydroxyl groups excluding tert-OH is 1. The van der Waals surface area contributed by atoms with Crippen LogP contribution in [0.15, 0.2) is 72.3 Å². The van der Waals surface area contributed by atoms with Crippen molar-refractivity contribution in [3.8, 4) is 17.2 Å². The molecule has 7 nitrogen and oxygen atoms in total. The lowest BCUT2D eigenvalue weighted by molar-refractivity contribution is -0.132. The van der Waals surface area contributed by atoms with Gasteiger partial charge in [-0.1, -0.05) is 36.4 Å². The van der Waals surface area contributed by atoms with Crippen molar-refractivity contribution >= 4 is 23.1 Å². The molecule has 1 saturated heterocycles. The highest BCUT2D eigenvalue weighted by molar-refractivity contribution is 6.51. The van der Waals surface area contributed by atoms with Crippen molar-refractivity contribution < 1.29 is 28.9 Å². The van der Waals surface area contributed by atoms with Crippen molar-refractivity contribution in [3.63, 3.8) is 0 Å². The number of anilines is 1. The van der Waals surface area contributed by atoms with E-state index >= 15 is 0 Å². The highest BCUT2D eigenvalue weighted by Crippen LogP contribution is 2.46. The lowest BCUT2D eigenvalue weighted by atomic mass is 9.94. The van der Waals surface area contributed by atoms with Crippen LogP contribution in [0.2, 0.25) is 0 Å². The number of hydrogen-bond acceptors (Lipinski definition) is 6. The average molecular weight is 474 g/mol. The van der Waals surface area contributed by atoms with E-state index in [1.807, 2.05) is 26.0 Å². The molecule has 3 aromatic carbocycles. The SMILES string of the molecule is CCOc1cccc(C2/C(=C(\O)c3c(OC)cccc3OC)C(=O)C(=O)N2c2ccccc2C)c1. The third-order valence-electron chi connectivity index (χ3n) is 5.97. The monoisotopic (exact) mass is 473 g/mol. The summed E-state index contributed by atoms with van der Waals surface area (Å²) in [4.78, 5) is 28.4. The molecule has 180 valence electrons. The Morgan fingerprint density at radius 1 is 0.943 bits per heavy atom. The molecule has 1 N–H and O–H groups in total. The Morgan fingerprint density at radius 2 is 1.60 bits per heavy atom. The number of aliphatic hydroxyl groups is 1. The number of nitrogens with zero attached hydrogens (tertiary/aromatic N) is 1. The van der Waals surface area contributed by atoms with Crippen LogP contribution in [0.25, 0.3) is 5.76 Å². The number of methoxy groups -OCH3 is 2. The van der Waals surface area contributed by atoms with E-state index in [-0.39, 0.29) is 16.9 Å². The van der Waals surface area contributed by atoms with E-state index in [1.165, 1.54) is 19.1 Å². The maximum Gasteiger partial charge on any atom is 0.300 e. The standard InChI is InChI=1S/C28H27NO6/c1-5-35-19-12-8-11-18(16-19)25-24(26(30)23-21(33-3)14-9-15-22(23)34-4)27(31)28(32)29(25)20-13-7-6-10-17(20)2/h6-16,25,30H,5H2,1-4H3/b26-24+. The van der Waals surface area contributed by atoms with Gasteiger partial charge < -0.3 is 19.3 Å². The molecule has 7 heteroatoms. The number of benzene rings is 3. The first-order valence-electron chi connectivity index (χ1n) is 11.2. The van der Waals surface area contributed by atoms with Gasteiger partial charge in [0.2, 0.25) is 0 Å². The minimum atomic E-state index is -0.897. The molecule has 0 bridgehead atoms. The summed E-state index contributed by atoms with van der Waals surface area (Å²) in [5, 5.41) is 11.6. The fourth-order valence-corrected chi connectivity index (χ4v) is 4.39. The van der Waals surface area contributed by atoms with Crippen LogP contribution in [0.4, 0.5) is 5.69 Å². The molecule has 0 aromatic heterocycles. The largest absolute Gasteiger partial charge is 0.506 e. The molecule has 1 amide bonds. The van der Waals surface area contributed by atoms with Crippen molar-refractivity contribution in [2.75, 3.05) is 25.7 Å². The number of carbonyl (C=O) groups excluding carboxylic acids is 2. The Labute approximate surface area is 204 Å². The maximum atomic E-state index is 13.5. The van der Waals surface area contributed by atoms with E-state index in [0.29, 0.717) is 35.1 Å². The fourth-order valence-electron chi connectivity index (χ4n) is 4.39. The Bertz CT molecular complexity index is 1290. The second kappa shape index (κ2) is 9.93. The molecular formula is C28H27NO6. The van der Waals surface area contributed by atoms with Crippen molar-refractivity contribution in [2.24, 2.45) is 0 Å². The first-order valence-corrected chi connectivity index (χ1v) is 11.2. The van der Waals surface area contributed by atoms with E-state index in [2.05, 4.69) is 0 Å². The van der Waals surface area contributed by atoms with E-state index < -0.39 is 17.7 Å². The van der Waals surface area contributed by atoms with Crippen molar-refractivity contribution in [3.05, 3.63) is 89.0 Å². The molecule has 0 aliphatic carbocycles.